The summed E-state index contributed by atoms with van der Waals surface area (Å²) in [5.74, 6) is -2.64. The van der Waals surface area contributed by atoms with Gasteiger partial charge in [-0.2, -0.15) is 0 Å². The van der Waals surface area contributed by atoms with Crippen LogP contribution in [0.2, 0.25) is 0 Å². The van der Waals surface area contributed by atoms with Crippen LogP contribution >= 0.6 is 11.3 Å². The third-order valence-electron chi connectivity index (χ3n) is 3.40. The topological polar surface area (TPSA) is 108 Å². The number of esters is 3. The van der Waals surface area contributed by atoms with E-state index in [-0.39, 0.29) is 16.8 Å². The zero-order valence-corrected chi connectivity index (χ0v) is 15.7. The van der Waals surface area contributed by atoms with Gasteiger partial charge >= 0.3 is 17.9 Å². The molecule has 142 valence electrons. The maximum Gasteiger partial charge on any atom is 0.348 e. The fourth-order valence-corrected chi connectivity index (χ4v) is 2.87. The van der Waals surface area contributed by atoms with Crippen LogP contribution in [-0.2, 0) is 19.0 Å². The number of methoxy groups -OCH3 is 2. The van der Waals surface area contributed by atoms with Gasteiger partial charge in [-0.1, -0.05) is 0 Å². The standard InChI is InChI=1S/C18H17NO7S/c1-10-4-7-14(27-10)18(23)26-9-15(20)19-13-8-11(16(21)24-2)5-6-12(13)17(22)25-3/h4-8H,9H2,1-3H3,(H,19,20). The fraction of sp³-hybridized carbons (Fsp3) is 0.222. The van der Waals surface area contributed by atoms with Crippen molar-refractivity contribution >= 4 is 40.8 Å². The number of carbonyl (C=O) groups is 4. The minimum Gasteiger partial charge on any atom is -0.465 e. The lowest BCUT2D eigenvalue weighted by Gasteiger charge is -2.11. The molecular weight excluding hydrogens is 374 g/mol. The Hall–Kier alpha value is -3.20. The molecule has 0 atom stereocenters. The number of hydrogen-bond acceptors (Lipinski definition) is 8. The summed E-state index contributed by atoms with van der Waals surface area (Å²) in [6.45, 7) is 1.29. The Bertz CT molecular complexity index is 888. The highest BCUT2D eigenvalue weighted by molar-refractivity contribution is 7.13. The second kappa shape index (κ2) is 8.95. The Morgan fingerprint density at radius 3 is 2.26 bits per heavy atom. The molecule has 2 rings (SSSR count). The SMILES string of the molecule is COC(=O)c1ccc(C(=O)OC)c(NC(=O)COC(=O)c2ccc(C)s2)c1. The van der Waals surface area contributed by atoms with E-state index in [0.717, 1.165) is 4.88 Å². The van der Waals surface area contributed by atoms with Crippen LogP contribution in [-0.4, -0.2) is 44.6 Å². The molecule has 0 aliphatic carbocycles. The third-order valence-corrected chi connectivity index (χ3v) is 4.38. The molecule has 9 heteroatoms. The first kappa shape index (κ1) is 20.1. The molecule has 0 unspecified atom stereocenters. The van der Waals surface area contributed by atoms with E-state index in [1.54, 1.807) is 12.1 Å². The third kappa shape index (κ3) is 5.14. The van der Waals surface area contributed by atoms with E-state index < -0.39 is 30.4 Å². The van der Waals surface area contributed by atoms with E-state index in [9.17, 15) is 19.2 Å². The van der Waals surface area contributed by atoms with Gasteiger partial charge in [-0.3, -0.25) is 4.79 Å². The molecule has 1 amide bonds. The van der Waals surface area contributed by atoms with E-state index in [2.05, 4.69) is 14.8 Å². The number of carbonyl (C=O) groups excluding carboxylic acids is 4. The van der Waals surface area contributed by atoms with Gasteiger partial charge in [-0.05, 0) is 37.3 Å². The van der Waals surface area contributed by atoms with Gasteiger partial charge in [0.05, 0.1) is 31.0 Å². The molecule has 27 heavy (non-hydrogen) atoms. The van der Waals surface area contributed by atoms with Crippen LogP contribution < -0.4 is 5.32 Å². The van der Waals surface area contributed by atoms with E-state index in [0.29, 0.717) is 4.88 Å². The number of hydrogen-bond donors (Lipinski definition) is 1. The number of anilines is 1. The normalized spacial score (nSPS) is 10.0. The summed E-state index contributed by atoms with van der Waals surface area (Å²) in [7, 11) is 2.40. The van der Waals surface area contributed by atoms with Gasteiger partial charge in [-0.15, -0.1) is 11.3 Å². The molecular formula is C18H17NO7S. The molecule has 0 saturated carbocycles. The summed E-state index contributed by atoms with van der Waals surface area (Å²) in [4.78, 5) is 48.8. The zero-order valence-electron chi connectivity index (χ0n) is 14.9. The molecule has 0 spiro atoms. The second-order valence-corrected chi connectivity index (χ2v) is 6.57. The molecule has 1 aromatic carbocycles. The number of thiophene rings is 1. The summed E-state index contributed by atoms with van der Waals surface area (Å²) < 4.78 is 14.2. The Balaban J connectivity index is 2.11. The molecule has 0 radical (unpaired) electrons. The predicted molar refractivity (Wildman–Crippen MR) is 97.1 cm³/mol. The summed E-state index contributed by atoms with van der Waals surface area (Å²) in [6, 6.07) is 7.35. The summed E-state index contributed by atoms with van der Waals surface area (Å²) in [5, 5.41) is 2.44. The van der Waals surface area contributed by atoms with Crippen LogP contribution in [0.1, 0.15) is 35.3 Å². The van der Waals surface area contributed by atoms with Gasteiger partial charge < -0.3 is 19.5 Å². The molecule has 0 aliphatic heterocycles. The maximum atomic E-state index is 12.1. The van der Waals surface area contributed by atoms with Gasteiger partial charge in [0.25, 0.3) is 5.91 Å². The number of amides is 1. The molecule has 0 aliphatic rings. The summed E-state index contributed by atoms with van der Waals surface area (Å²) in [6.07, 6.45) is 0. The highest BCUT2D eigenvalue weighted by Gasteiger charge is 2.18. The van der Waals surface area contributed by atoms with Crippen molar-refractivity contribution in [3.8, 4) is 0 Å². The predicted octanol–water partition coefficient (Wildman–Crippen LogP) is 2.43. The van der Waals surface area contributed by atoms with Crippen LogP contribution in [0.4, 0.5) is 5.69 Å². The minimum absolute atomic E-state index is 0.0396. The van der Waals surface area contributed by atoms with Crippen LogP contribution in [0, 0.1) is 6.92 Å². The van der Waals surface area contributed by atoms with Crippen molar-refractivity contribution in [1.82, 2.24) is 0 Å². The first-order chi connectivity index (χ1) is 12.8. The molecule has 1 heterocycles. The van der Waals surface area contributed by atoms with Crippen LogP contribution in [0.25, 0.3) is 0 Å². The van der Waals surface area contributed by atoms with Crippen molar-refractivity contribution in [2.24, 2.45) is 0 Å². The monoisotopic (exact) mass is 391 g/mol. The summed E-state index contributed by atoms with van der Waals surface area (Å²) >= 11 is 1.25. The zero-order chi connectivity index (χ0) is 20.0. The van der Waals surface area contributed by atoms with Crippen LogP contribution in [0.15, 0.2) is 30.3 Å². The molecule has 8 nitrogen and oxygen atoms in total. The average Bonchev–Trinajstić information content (AvgIpc) is 3.11. The lowest BCUT2D eigenvalue weighted by atomic mass is 10.1. The van der Waals surface area contributed by atoms with Crippen molar-refractivity contribution < 1.29 is 33.4 Å². The quantitative estimate of drug-likeness (QED) is 0.595. The number of ether oxygens (including phenoxy) is 3. The highest BCUT2D eigenvalue weighted by Crippen LogP contribution is 2.20. The number of aryl methyl sites for hydroxylation is 1. The Kier molecular flexibility index (Phi) is 6.67. The Morgan fingerprint density at radius 2 is 1.67 bits per heavy atom. The van der Waals surface area contributed by atoms with Gasteiger partial charge in [0.15, 0.2) is 6.61 Å². The van der Waals surface area contributed by atoms with E-state index in [1.165, 1.54) is 43.8 Å². The lowest BCUT2D eigenvalue weighted by Crippen LogP contribution is -2.22. The largest absolute Gasteiger partial charge is 0.465 e. The average molecular weight is 391 g/mol. The fourth-order valence-electron chi connectivity index (χ4n) is 2.11. The Labute approximate surface area is 159 Å². The molecule has 0 bridgehead atoms. The van der Waals surface area contributed by atoms with E-state index >= 15 is 0 Å². The smallest absolute Gasteiger partial charge is 0.348 e. The maximum absolute atomic E-state index is 12.1. The Morgan fingerprint density at radius 1 is 0.963 bits per heavy atom. The first-order valence-electron chi connectivity index (χ1n) is 7.69. The molecule has 1 aromatic heterocycles. The van der Waals surface area contributed by atoms with E-state index in [1.807, 2.05) is 6.92 Å². The van der Waals surface area contributed by atoms with Gasteiger partial charge in [0, 0.05) is 4.88 Å². The number of nitrogens with one attached hydrogen (secondary N) is 1. The summed E-state index contributed by atoms with van der Waals surface area (Å²) in [5.41, 5.74) is 0.211. The first-order valence-corrected chi connectivity index (χ1v) is 8.51. The van der Waals surface area contributed by atoms with Gasteiger partial charge in [0.1, 0.15) is 4.88 Å². The van der Waals surface area contributed by atoms with E-state index in [4.69, 9.17) is 4.74 Å². The second-order valence-electron chi connectivity index (χ2n) is 5.28. The van der Waals surface area contributed by atoms with Gasteiger partial charge in [0.2, 0.25) is 0 Å². The van der Waals surface area contributed by atoms with Gasteiger partial charge in [-0.25, -0.2) is 14.4 Å². The van der Waals surface area contributed by atoms with Crippen molar-refractivity contribution in [3.63, 3.8) is 0 Å². The van der Waals surface area contributed by atoms with Crippen LogP contribution in [0.5, 0.6) is 0 Å². The lowest BCUT2D eigenvalue weighted by molar-refractivity contribution is -0.119. The van der Waals surface area contributed by atoms with Crippen LogP contribution in [0.3, 0.4) is 0 Å². The van der Waals surface area contributed by atoms with Crippen molar-refractivity contribution in [1.29, 1.82) is 0 Å². The van der Waals surface area contributed by atoms with Crippen molar-refractivity contribution in [3.05, 3.63) is 51.2 Å². The molecule has 2 aromatic rings. The number of benzene rings is 1. The minimum atomic E-state index is -0.701. The molecule has 0 saturated heterocycles. The number of rotatable bonds is 6. The molecule has 1 N–H and O–H groups in total. The van der Waals surface area contributed by atoms with Crippen molar-refractivity contribution in [2.45, 2.75) is 6.92 Å². The van der Waals surface area contributed by atoms with Crippen molar-refractivity contribution in [2.75, 3.05) is 26.1 Å². The molecule has 0 fully saturated rings. The highest BCUT2D eigenvalue weighted by atomic mass is 32.1.